The lowest BCUT2D eigenvalue weighted by molar-refractivity contribution is 0.0565. The highest BCUT2D eigenvalue weighted by Crippen LogP contribution is 2.26. The number of piperazine rings is 1. The lowest BCUT2D eigenvalue weighted by Crippen LogP contribution is -2.55. The molecule has 0 aromatic carbocycles. The molecular weight excluding hydrogens is 179 g/mol. The summed E-state index contributed by atoms with van der Waals surface area (Å²) in [7, 11) is 0. The van der Waals surface area contributed by atoms with E-state index >= 15 is 0 Å². The molecule has 1 rings (SSSR count). The Hall–Kier alpha value is -0.150. The molecule has 2 atom stereocenters. The van der Waals surface area contributed by atoms with Gasteiger partial charge in [0.1, 0.15) is 0 Å². The largest absolute Gasteiger partial charge is 0.314 e. The number of hydrogen-bond acceptors (Lipinski definition) is 2. The van der Waals surface area contributed by atoms with Gasteiger partial charge in [-0.1, -0.05) is 6.92 Å². The smallest absolute Gasteiger partial charge is 0.0991 e. The van der Waals surface area contributed by atoms with Crippen molar-refractivity contribution in [3.8, 4) is 0 Å². The van der Waals surface area contributed by atoms with E-state index in [1.165, 1.54) is 0 Å². The van der Waals surface area contributed by atoms with Crippen LogP contribution in [0.25, 0.3) is 0 Å². The summed E-state index contributed by atoms with van der Waals surface area (Å²) < 4.78 is 13.1. The van der Waals surface area contributed by atoms with Gasteiger partial charge in [-0.05, 0) is 26.7 Å². The van der Waals surface area contributed by atoms with E-state index in [2.05, 4.69) is 24.1 Å². The van der Waals surface area contributed by atoms with Gasteiger partial charge in [-0.25, -0.2) is 4.39 Å². The molecule has 0 radical (unpaired) electrons. The molecule has 2 nitrogen and oxygen atoms in total. The molecule has 0 aliphatic carbocycles. The number of rotatable bonds is 4. The van der Waals surface area contributed by atoms with Crippen molar-refractivity contribution >= 4 is 0 Å². The molecule has 2 unspecified atom stereocenters. The molecule has 0 aromatic rings. The van der Waals surface area contributed by atoms with Crippen LogP contribution in [0.4, 0.5) is 4.39 Å². The summed E-state index contributed by atoms with van der Waals surface area (Å²) in [6.07, 6.45) is 0.986. The van der Waals surface area contributed by atoms with E-state index in [0.717, 1.165) is 32.6 Å². The Morgan fingerprint density at radius 3 is 2.43 bits per heavy atom. The molecule has 3 heteroatoms. The summed E-state index contributed by atoms with van der Waals surface area (Å²) in [5, 5.41) is 3.33. The zero-order valence-electron chi connectivity index (χ0n) is 9.65. The average Bonchev–Trinajstić information content (AvgIpc) is 2.18. The molecule has 14 heavy (non-hydrogen) atoms. The highest BCUT2D eigenvalue weighted by molar-refractivity contribution is 4.88. The summed E-state index contributed by atoms with van der Waals surface area (Å²) >= 11 is 0. The van der Waals surface area contributed by atoms with Crippen molar-refractivity contribution in [2.24, 2.45) is 0 Å². The maximum absolute atomic E-state index is 13.1. The van der Waals surface area contributed by atoms with Gasteiger partial charge in [-0.3, -0.25) is 4.90 Å². The molecule has 0 spiro atoms. The third-order valence-electron chi connectivity index (χ3n) is 3.36. The minimum absolute atomic E-state index is 0.0519. The van der Waals surface area contributed by atoms with Crippen molar-refractivity contribution in [3.05, 3.63) is 0 Å². The summed E-state index contributed by atoms with van der Waals surface area (Å²) in [4.78, 5) is 2.43. The summed E-state index contributed by atoms with van der Waals surface area (Å²) in [6, 6.07) is 0. The van der Waals surface area contributed by atoms with E-state index in [0.29, 0.717) is 6.42 Å². The molecule has 1 aliphatic rings. The molecule has 0 aromatic heterocycles. The predicted octanol–water partition coefficient (Wildman–Crippen LogP) is 1.81. The van der Waals surface area contributed by atoms with Crippen molar-refractivity contribution in [2.75, 3.05) is 26.2 Å². The zero-order valence-corrected chi connectivity index (χ0v) is 9.65. The fourth-order valence-corrected chi connectivity index (χ4v) is 2.31. The second-order valence-electron chi connectivity index (χ2n) is 4.57. The van der Waals surface area contributed by atoms with Crippen molar-refractivity contribution in [1.29, 1.82) is 0 Å². The van der Waals surface area contributed by atoms with E-state index in [1.807, 2.05) is 0 Å². The Kier molecular flexibility index (Phi) is 4.32. The second kappa shape index (κ2) is 5.08. The van der Waals surface area contributed by atoms with Crippen molar-refractivity contribution in [3.63, 3.8) is 0 Å². The van der Waals surface area contributed by atoms with Crippen LogP contribution in [0.3, 0.4) is 0 Å². The Balaban J connectivity index is 2.56. The zero-order chi connectivity index (χ0) is 10.6. The molecule has 1 saturated heterocycles. The highest BCUT2D eigenvalue weighted by Gasteiger charge is 2.32. The normalized spacial score (nSPS) is 25.7. The summed E-state index contributed by atoms with van der Waals surface area (Å²) in [6.45, 7) is 10.2. The van der Waals surface area contributed by atoms with Crippen LogP contribution in [0.15, 0.2) is 0 Å². The van der Waals surface area contributed by atoms with Crippen molar-refractivity contribution < 1.29 is 4.39 Å². The highest BCUT2D eigenvalue weighted by atomic mass is 19.1. The van der Waals surface area contributed by atoms with Gasteiger partial charge in [0.2, 0.25) is 0 Å². The van der Waals surface area contributed by atoms with Gasteiger partial charge in [0.25, 0.3) is 0 Å². The van der Waals surface area contributed by atoms with Crippen LogP contribution in [0, 0.1) is 0 Å². The third-order valence-corrected chi connectivity index (χ3v) is 3.36. The Morgan fingerprint density at radius 2 is 2.00 bits per heavy atom. The number of nitrogens with zero attached hydrogens (tertiary/aromatic N) is 1. The Bertz CT molecular complexity index is 167. The predicted molar refractivity (Wildman–Crippen MR) is 58.3 cm³/mol. The number of hydrogen-bond donors (Lipinski definition) is 1. The minimum atomic E-state index is -0.699. The molecular formula is C11H23FN2. The van der Waals surface area contributed by atoms with Crippen molar-refractivity contribution in [1.82, 2.24) is 10.2 Å². The maximum Gasteiger partial charge on any atom is 0.0991 e. The quantitative estimate of drug-likeness (QED) is 0.748. The van der Waals surface area contributed by atoms with E-state index in [1.54, 1.807) is 6.92 Å². The van der Waals surface area contributed by atoms with E-state index in [-0.39, 0.29) is 5.54 Å². The van der Waals surface area contributed by atoms with Crippen LogP contribution < -0.4 is 5.32 Å². The fourth-order valence-electron chi connectivity index (χ4n) is 2.31. The van der Waals surface area contributed by atoms with Gasteiger partial charge in [0, 0.05) is 31.7 Å². The first-order valence-corrected chi connectivity index (χ1v) is 5.68. The molecule has 1 heterocycles. The summed E-state index contributed by atoms with van der Waals surface area (Å²) in [5.74, 6) is 0. The first-order valence-electron chi connectivity index (χ1n) is 5.68. The fraction of sp³-hybridized carbons (Fsp3) is 1.00. The third kappa shape index (κ3) is 2.92. The van der Waals surface area contributed by atoms with Gasteiger partial charge in [0.05, 0.1) is 6.17 Å². The first kappa shape index (κ1) is 11.9. The van der Waals surface area contributed by atoms with Crippen LogP contribution in [0.1, 0.15) is 33.6 Å². The van der Waals surface area contributed by atoms with Crippen LogP contribution in [0.5, 0.6) is 0 Å². The van der Waals surface area contributed by atoms with E-state index in [4.69, 9.17) is 0 Å². The topological polar surface area (TPSA) is 15.3 Å². The van der Waals surface area contributed by atoms with E-state index in [9.17, 15) is 4.39 Å². The van der Waals surface area contributed by atoms with Gasteiger partial charge in [-0.15, -0.1) is 0 Å². The molecule has 1 aliphatic heterocycles. The standard InChI is InChI=1S/C11H23FN2/c1-4-11(3,9-10(2)12)14-7-5-13-6-8-14/h10,13H,4-9H2,1-3H3. The molecule has 1 N–H and O–H groups in total. The van der Waals surface area contributed by atoms with Gasteiger partial charge in [-0.2, -0.15) is 0 Å². The van der Waals surface area contributed by atoms with Gasteiger partial charge in [0.15, 0.2) is 0 Å². The first-order chi connectivity index (χ1) is 6.58. The molecule has 0 saturated carbocycles. The number of alkyl halides is 1. The molecule has 0 amide bonds. The minimum Gasteiger partial charge on any atom is -0.314 e. The maximum atomic E-state index is 13.1. The lowest BCUT2D eigenvalue weighted by Gasteiger charge is -2.43. The average molecular weight is 202 g/mol. The monoisotopic (exact) mass is 202 g/mol. The SMILES string of the molecule is CCC(C)(CC(C)F)N1CCNCC1. The lowest BCUT2D eigenvalue weighted by atomic mass is 9.89. The van der Waals surface area contributed by atoms with Crippen LogP contribution in [-0.2, 0) is 0 Å². The molecule has 1 fully saturated rings. The van der Waals surface area contributed by atoms with Gasteiger partial charge >= 0.3 is 0 Å². The Morgan fingerprint density at radius 1 is 1.43 bits per heavy atom. The molecule has 84 valence electrons. The van der Waals surface area contributed by atoms with Crippen LogP contribution >= 0.6 is 0 Å². The number of halogens is 1. The van der Waals surface area contributed by atoms with Crippen molar-refractivity contribution in [2.45, 2.75) is 45.3 Å². The van der Waals surface area contributed by atoms with Gasteiger partial charge < -0.3 is 5.32 Å². The molecule has 0 bridgehead atoms. The van der Waals surface area contributed by atoms with E-state index < -0.39 is 6.17 Å². The Labute approximate surface area is 86.9 Å². The second-order valence-corrected chi connectivity index (χ2v) is 4.57. The van der Waals surface area contributed by atoms with Crippen LogP contribution in [0.2, 0.25) is 0 Å². The summed E-state index contributed by atoms with van der Waals surface area (Å²) in [5.41, 5.74) is 0.0519. The van der Waals surface area contributed by atoms with Crippen LogP contribution in [-0.4, -0.2) is 42.8 Å². The number of nitrogens with one attached hydrogen (secondary N) is 1.